The molecular formula is C16H15Cl2NO4S. The van der Waals surface area contributed by atoms with E-state index in [-0.39, 0.29) is 22.8 Å². The summed E-state index contributed by atoms with van der Waals surface area (Å²) in [5.41, 5.74) is 0.876. The summed E-state index contributed by atoms with van der Waals surface area (Å²) in [6, 6.07) is 11.3. The Labute approximate surface area is 150 Å². The van der Waals surface area contributed by atoms with Crippen LogP contribution in [-0.4, -0.2) is 27.8 Å². The number of halogens is 2. The van der Waals surface area contributed by atoms with E-state index in [2.05, 4.69) is 0 Å². The van der Waals surface area contributed by atoms with Crippen LogP contribution in [0.15, 0.2) is 42.5 Å². The molecule has 2 rings (SSSR count). The van der Waals surface area contributed by atoms with Crippen LogP contribution < -0.4 is 4.31 Å². The predicted octanol–water partition coefficient (Wildman–Crippen LogP) is 3.75. The highest BCUT2D eigenvalue weighted by Gasteiger charge is 2.24. The van der Waals surface area contributed by atoms with Gasteiger partial charge in [0.2, 0.25) is 10.0 Å². The fraction of sp³-hybridized carbons (Fsp3) is 0.188. The first-order valence-corrected chi connectivity index (χ1v) is 9.44. The summed E-state index contributed by atoms with van der Waals surface area (Å²) in [6.07, 6.45) is 1.06. The first kappa shape index (κ1) is 18.6. The highest BCUT2D eigenvalue weighted by atomic mass is 35.5. The van der Waals surface area contributed by atoms with Crippen LogP contribution >= 0.6 is 23.2 Å². The van der Waals surface area contributed by atoms with Crippen molar-refractivity contribution in [3.8, 4) is 0 Å². The SMILES string of the molecule is COC(=O)c1ccccc1N(Cc1cccc(Cl)c1Cl)S(C)(=O)=O. The molecular weight excluding hydrogens is 373 g/mol. The van der Waals surface area contributed by atoms with Gasteiger partial charge in [-0.05, 0) is 23.8 Å². The van der Waals surface area contributed by atoms with Crippen LogP contribution in [0.2, 0.25) is 10.0 Å². The summed E-state index contributed by atoms with van der Waals surface area (Å²) >= 11 is 12.1. The molecule has 8 heteroatoms. The zero-order valence-corrected chi connectivity index (χ0v) is 15.3. The fourth-order valence-corrected chi connectivity index (χ4v) is 3.45. The number of nitrogens with zero attached hydrogens (tertiary/aromatic N) is 1. The Balaban J connectivity index is 2.56. The molecule has 0 radical (unpaired) electrons. The molecule has 0 aliphatic rings. The molecule has 0 aliphatic carbocycles. The van der Waals surface area contributed by atoms with Crippen molar-refractivity contribution in [2.45, 2.75) is 6.54 Å². The number of carbonyl (C=O) groups is 1. The van der Waals surface area contributed by atoms with Crippen molar-refractivity contribution >= 4 is 44.9 Å². The number of ether oxygens (including phenoxy) is 1. The smallest absolute Gasteiger partial charge is 0.340 e. The van der Waals surface area contributed by atoms with Crippen molar-refractivity contribution in [2.75, 3.05) is 17.7 Å². The second-order valence-corrected chi connectivity index (χ2v) is 7.68. The molecule has 0 atom stereocenters. The van der Waals surface area contributed by atoms with Crippen LogP contribution in [0.3, 0.4) is 0 Å². The number of hydrogen-bond donors (Lipinski definition) is 0. The van der Waals surface area contributed by atoms with Gasteiger partial charge in [0.05, 0.1) is 41.2 Å². The number of rotatable bonds is 5. The second-order valence-electron chi connectivity index (χ2n) is 4.99. The third-order valence-corrected chi connectivity index (χ3v) is 5.31. The maximum Gasteiger partial charge on any atom is 0.340 e. The number of esters is 1. The normalized spacial score (nSPS) is 11.2. The molecule has 0 heterocycles. The minimum absolute atomic E-state index is 0.0633. The average molecular weight is 388 g/mol. The van der Waals surface area contributed by atoms with Crippen molar-refractivity contribution in [3.63, 3.8) is 0 Å². The molecule has 0 saturated heterocycles. The first-order valence-electron chi connectivity index (χ1n) is 6.83. The summed E-state index contributed by atoms with van der Waals surface area (Å²) in [5.74, 6) is -0.628. The van der Waals surface area contributed by atoms with Gasteiger partial charge in [-0.25, -0.2) is 13.2 Å². The third-order valence-electron chi connectivity index (χ3n) is 3.32. The Morgan fingerprint density at radius 3 is 2.42 bits per heavy atom. The Morgan fingerprint density at radius 1 is 1.12 bits per heavy atom. The van der Waals surface area contributed by atoms with Crippen molar-refractivity contribution in [3.05, 3.63) is 63.6 Å². The van der Waals surface area contributed by atoms with E-state index in [4.69, 9.17) is 27.9 Å². The van der Waals surface area contributed by atoms with Gasteiger partial charge in [-0.1, -0.05) is 47.5 Å². The Hall–Kier alpha value is -1.76. The van der Waals surface area contributed by atoms with E-state index in [0.717, 1.165) is 10.6 Å². The first-order chi connectivity index (χ1) is 11.3. The lowest BCUT2D eigenvalue weighted by atomic mass is 10.1. The number of anilines is 1. The summed E-state index contributed by atoms with van der Waals surface area (Å²) in [5, 5.41) is 0.590. The van der Waals surface area contributed by atoms with Crippen molar-refractivity contribution in [1.82, 2.24) is 0 Å². The molecule has 24 heavy (non-hydrogen) atoms. The van der Waals surface area contributed by atoms with Crippen LogP contribution in [0.4, 0.5) is 5.69 Å². The lowest BCUT2D eigenvalue weighted by molar-refractivity contribution is 0.0601. The van der Waals surface area contributed by atoms with E-state index in [1.807, 2.05) is 0 Å². The third kappa shape index (κ3) is 4.01. The number of methoxy groups -OCH3 is 1. The van der Waals surface area contributed by atoms with Gasteiger partial charge < -0.3 is 4.74 Å². The van der Waals surface area contributed by atoms with Gasteiger partial charge >= 0.3 is 5.97 Å². The fourth-order valence-electron chi connectivity index (χ4n) is 2.18. The molecule has 0 aromatic heterocycles. The van der Waals surface area contributed by atoms with Crippen molar-refractivity contribution < 1.29 is 17.9 Å². The molecule has 0 unspecified atom stereocenters. The van der Waals surface area contributed by atoms with E-state index in [9.17, 15) is 13.2 Å². The highest BCUT2D eigenvalue weighted by molar-refractivity contribution is 7.92. The minimum Gasteiger partial charge on any atom is -0.465 e. The number of benzene rings is 2. The molecule has 0 saturated carbocycles. The van der Waals surface area contributed by atoms with E-state index in [0.29, 0.717) is 10.6 Å². The van der Waals surface area contributed by atoms with Crippen LogP contribution in [-0.2, 0) is 21.3 Å². The zero-order valence-electron chi connectivity index (χ0n) is 13.0. The van der Waals surface area contributed by atoms with E-state index in [1.54, 1.807) is 30.3 Å². The van der Waals surface area contributed by atoms with Gasteiger partial charge in [0.1, 0.15) is 0 Å². The lowest BCUT2D eigenvalue weighted by Gasteiger charge is -2.25. The molecule has 0 amide bonds. The van der Waals surface area contributed by atoms with E-state index < -0.39 is 16.0 Å². The Morgan fingerprint density at radius 2 is 1.79 bits per heavy atom. The number of carbonyl (C=O) groups excluding carboxylic acids is 1. The largest absolute Gasteiger partial charge is 0.465 e. The lowest BCUT2D eigenvalue weighted by Crippen LogP contribution is -2.31. The molecule has 2 aromatic carbocycles. The minimum atomic E-state index is -3.69. The topological polar surface area (TPSA) is 63.7 Å². The second kappa shape index (κ2) is 7.42. The number of hydrogen-bond acceptors (Lipinski definition) is 4. The quantitative estimate of drug-likeness (QED) is 0.732. The maximum atomic E-state index is 12.3. The molecule has 0 spiro atoms. The van der Waals surface area contributed by atoms with Gasteiger partial charge in [0.15, 0.2) is 0 Å². The Bertz CT molecular complexity index is 868. The molecule has 0 N–H and O–H groups in total. The maximum absolute atomic E-state index is 12.3. The van der Waals surface area contributed by atoms with Crippen LogP contribution in [0.5, 0.6) is 0 Å². The van der Waals surface area contributed by atoms with Gasteiger partial charge in [-0.15, -0.1) is 0 Å². The molecule has 5 nitrogen and oxygen atoms in total. The van der Waals surface area contributed by atoms with Gasteiger partial charge in [-0.2, -0.15) is 0 Å². The van der Waals surface area contributed by atoms with Crippen LogP contribution in [0.1, 0.15) is 15.9 Å². The average Bonchev–Trinajstić information content (AvgIpc) is 2.54. The van der Waals surface area contributed by atoms with Crippen molar-refractivity contribution in [1.29, 1.82) is 0 Å². The van der Waals surface area contributed by atoms with Gasteiger partial charge in [0, 0.05) is 0 Å². The predicted molar refractivity (Wildman–Crippen MR) is 95.3 cm³/mol. The summed E-state index contributed by atoms with van der Waals surface area (Å²) in [6.45, 7) is -0.0633. The Kier molecular flexibility index (Phi) is 5.74. The summed E-state index contributed by atoms with van der Waals surface area (Å²) in [4.78, 5) is 11.9. The molecule has 2 aromatic rings. The summed E-state index contributed by atoms with van der Waals surface area (Å²) in [7, 11) is -2.45. The molecule has 0 aliphatic heterocycles. The van der Waals surface area contributed by atoms with Gasteiger partial charge in [-0.3, -0.25) is 4.31 Å². The monoisotopic (exact) mass is 387 g/mol. The van der Waals surface area contributed by atoms with Crippen LogP contribution in [0.25, 0.3) is 0 Å². The standard InChI is InChI=1S/C16H15Cl2NO4S/c1-23-16(20)12-7-3-4-9-14(12)19(24(2,21)22)10-11-6-5-8-13(17)15(11)18/h3-9H,10H2,1-2H3. The zero-order chi connectivity index (χ0) is 17.9. The molecule has 0 fully saturated rings. The van der Waals surface area contributed by atoms with E-state index >= 15 is 0 Å². The van der Waals surface area contributed by atoms with Crippen molar-refractivity contribution in [2.24, 2.45) is 0 Å². The summed E-state index contributed by atoms with van der Waals surface area (Å²) < 4.78 is 30.4. The molecule has 0 bridgehead atoms. The number of para-hydroxylation sites is 1. The van der Waals surface area contributed by atoms with E-state index in [1.165, 1.54) is 19.2 Å². The highest BCUT2D eigenvalue weighted by Crippen LogP contribution is 2.30. The molecule has 128 valence electrons. The van der Waals surface area contributed by atoms with Gasteiger partial charge in [0.25, 0.3) is 0 Å². The van der Waals surface area contributed by atoms with Crippen LogP contribution in [0, 0.1) is 0 Å². The number of sulfonamides is 1.